The van der Waals surface area contributed by atoms with E-state index >= 15 is 4.39 Å². The number of anilines is 1. The van der Waals surface area contributed by atoms with E-state index in [9.17, 15) is 14.4 Å². The van der Waals surface area contributed by atoms with Gasteiger partial charge >= 0.3 is 6.09 Å². The first kappa shape index (κ1) is 22.8. The highest BCUT2D eigenvalue weighted by Gasteiger charge is 2.47. The number of benzene rings is 1. The van der Waals surface area contributed by atoms with Crippen LogP contribution in [0.1, 0.15) is 19.4 Å². The summed E-state index contributed by atoms with van der Waals surface area (Å²) in [5, 5.41) is 5.34. The second kappa shape index (κ2) is 9.09. The number of carbonyl (C=O) groups excluding carboxylic acids is 3. The zero-order valence-corrected chi connectivity index (χ0v) is 17.9. The Morgan fingerprint density at radius 1 is 1.42 bits per heavy atom. The highest BCUT2D eigenvalue weighted by molar-refractivity contribution is 5.88. The maximum absolute atomic E-state index is 15.1. The molecule has 4 unspecified atom stereocenters. The van der Waals surface area contributed by atoms with Crippen LogP contribution < -0.4 is 21.3 Å². The Morgan fingerprint density at radius 2 is 2.16 bits per heavy atom. The number of ether oxygens (including phenoxy) is 2. The van der Waals surface area contributed by atoms with Gasteiger partial charge in [0.2, 0.25) is 11.8 Å². The van der Waals surface area contributed by atoms with Crippen molar-refractivity contribution in [2.45, 2.75) is 25.4 Å². The molecule has 2 heterocycles. The zero-order valence-electron chi connectivity index (χ0n) is 17.9. The lowest BCUT2D eigenvalue weighted by molar-refractivity contribution is -0.126. The Labute approximate surface area is 180 Å². The Bertz CT molecular complexity index is 866. The van der Waals surface area contributed by atoms with Crippen molar-refractivity contribution in [1.82, 2.24) is 10.6 Å². The van der Waals surface area contributed by atoms with E-state index in [1.165, 1.54) is 13.2 Å². The van der Waals surface area contributed by atoms with Crippen LogP contribution in [-0.2, 0) is 24.5 Å². The van der Waals surface area contributed by atoms with Crippen molar-refractivity contribution in [2.24, 2.45) is 17.6 Å². The minimum absolute atomic E-state index is 0.00532. The average molecular weight is 436 g/mol. The number of rotatable bonds is 8. The van der Waals surface area contributed by atoms with Crippen LogP contribution in [-0.4, -0.2) is 63.9 Å². The number of nitrogens with one attached hydrogen (secondary N) is 2. The SMILES string of the molecule is COCC(=O)NCC1CN(c2ccc(C(C)(C(N)=O)C3CNC(=O)O3)cc2F)CC1C. The van der Waals surface area contributed by atoms with Crippen LogP contribution in [0.25, 0.3) is 0 Å². The molecule has 2 fully saturated rings. The van der Waals surface area contributed by atoms with Crippen molar-refractivity contribution in [3.8, 4) is 0 Å². The summed E-state index contributed by atoms with van der Waals surface area (Å²) >= 11 is 0. The number of carbonyl (C=O) groups is 3. The maximum atomic E-state index is 15.1. The Hall–Kier alpha value is -2.88. The number of alkyl carbamates (subject to hydrolysis) is 1. The molecule has 4 N–H and O–H groups in total. The van der Waals surface area contributed by atoms with Gasteiger partial charge in [-0.1, -0.05) is 13.0 Å². The Balaban J connectivity index is 1.75. The molecule has 1 aromatic rings. The molecule has 0 spiro atoms. The number of primary amides is 1. The third kappa shape index (κ3) is 4.58. The summed E-state index contributed by atoms with van der Waals surface area (Å²) in [6.45, 7) is 5.43. The summed E-state index contributed by atoms with van der Waals surface area (Å²) in [6.07, 6.45) is -1.46. The van der Waals surface area contributed by atoms with Crippen LogP contribution in [0.4, 0.5) is 14.9 Å². The molecule has 0 saturated carbocycles. The molecule has 0 aliphatic carbocycles. The van der Waals surface area contributed by atoms with Gasteiger partial charge < -0.3 is 30.7 Å². The van der Waals surface area contributed by atoms with Crippen molar-refractivity contribution >= 4 is 23.6 Å². The van der Waals surface area contributed by atoms with E-state index in [1.807, 2.05) is 4.90 Å². The summed E-state index contributed by atoms with van der Waals surface area (Å²) in [5.74, 6) is -0.959. The number of cyclic esters (lactones) is 1. The molecule has 2 aliphatic rings. The van der Waals surface area contributed by atoms with Crippen LogP contribution in [0.5, 0.6) is 0 Å². The molecule has 3 rings (SSSR count). The number of methoxy groups -OCH3 is 1. The van der Waals surface area contributed by atoms with Gasteiger partial charge in [-0.15, -0.1) is 0 Å². The molecule has 0 radical (unpaired) electrons. The van der Waals surface area contributed by atoms with Crippen LogP contribution >= 0.6 is 0 Å². The van der Waals surface area contributed by atoms with Crippen molar-refractivity contribution < 1.29 is 28.2 Å². The summed E-state index contributed by atoms with van der Waals surface area (Å²) in [4.78, 5) is 37.3. The monoisotopic (exact) mass is 436 g/mol. The van der Waals surface area contributed by atoms with E-state index in [1.54, 1.807) is 19.1 Å². The molecular weight excluding hydrogens is 407 g/mol. The summed E-state index contributed by atoms with van der Waals surface area (Å²) in [6, 6.07) is 4.55. The molecule has 9 nitrogen and oxygen atoms in total. The van der Waals surface area contributed by atoms with Gasteiger partial charge in [-0.2, -0.15) is 0 Å². The van der Waals surface area contributed by atoms with E-state index < -0.39 is 29.3 Å². The molecule has 2 aliphatic heterocycles. The van der Waals surface area contributed by atoms with E-state index in [-0.39, 0.29) is 30.9 Å². The van der Waals surface area contributed by atoms with Gasteiger partial charge in [0.1, 0.15) is 23.9 Å². The fourth-order valence-electron chi connectivity index (χ4n) is 4.21. The number of hydrogen-bond donors (Lipinski definition) is 3. The lowest BCUT2D eigenvalue weighted by atomic mass is 9.76. The highest BCUT2D eigenvalue weighted by atomic mass is 19.1. The molecular formula is C21H29FN4O5. The normalized spacial score (nSPS) is 25.0. The zero-order chi connectivity index (χ0) is 22.8. The standard InChI is InChI=1S/C21H29FN4O5/c1-12-9-26(10-13(12)7-24-18(27)11-30-3)16-5-4-14(6-15(16)22)21(2,19(23)28)17-8-25-20(29)31-17/h4-6,12-13,17H,7-11H2,1-3H3,(H2,23,28)(H,24,27)(H,25,29). The fourth-order valence-corrected chi connectivity index (χ4v) is 4.21. The average Bonchev–Trinajstić information content (AvgIpc) is 3.31. The third-order valence-electron chi connectivity index (χ3n) is 6.33. The van der Waals surface area contributed by atoms with Gasteiger partial charge in [-0.25, -0.2) is 9.18 Å². The van der Waals surface area contributed by atoms with Gasteiger partial charge in [0, 0.05) is 26.7 Å². The first-order valence-corrected chi connectivity index (χ1v) is 10.2. The second-order valence-corrected chi connectivity index (χ2v) is 8.39. The first-order valence-electron chi connectivity index (χ1n) is 10.2. The van der Waals surface area contributed by atoms with Gasteiger partial charge in [0.15, 0.2) is 0 Å². The quantitative estimate of drug-likeness (QED) is 0.546. The number of amides is 3. The molecule has 31 heavy (non-hydrogen) atoms. The summed E-state index contributed by atoms with van der Waals surface area (Å²) in [7, 11) is 1.46. The third-order valence-corrected chi connectivity index (χ3v) is 6.33. The maximum Gasteiger partial charge on any atom is 0.407 e. The van der Waals surface area contributed by atoms with Crippen LogP contribution in [0.2, 0.25) is 0 Å². The van der Waals surface area contributed by atoms with Gasteiger partial charge in [0.05, 0.1) is 12.2 Å². The molecule has 0 bridgehead atoms. The van der Waals surface area contributed by atoms with E-state index in [0.29, 0.717) is 30.9 Å². The van der Waals surface area contributed by atoms with Gasteiger partial charge in [0.25, 0.3) is 0 Å². The van der Waals surface area contributed by atoms with Crippen LogP contribution in [0.15, 0.2) is 18.2 Å². The first-order chi connectivity index (χ1) is 14.7. The van der Waals surface area contributed by atoms with Crippen LogP contribution in [0, 0.1) is 17.7 Å². The number of nitrogens with two attached hydrogens (primary N) is 1. The summed E-state index contributed by atoms with van der Waals surface area (Å²) < 4.78 is 25.1. The molecule has 170 valence electrons. The van der Waals surface area contributed by atoms with E-state index in [4.69, 9.17) is 15.2 Å². The molecule has 4 atom stereocenters. The number of nitrogens with zero attached hydrogens (tertiary/aromatic N) is 1. The molecule has 1 aromatic carbocycles. The fraction of sp³-hybridized carbons (Fsp3) is 0.571. The van der Waals surface area contributed by atoms with Gasteiger partial charge in [-0.05, 0) is 36.5 Å². The van der Waals surface area contributed by atoms with Crippen molar-refractivity contribution in [3.63, 3.8) is 0 Å². The van der Waals surface area contributed by atoms with Crippen molar-refractivity contribution in [1.29, 1.82) is 0 Å². The van der Waals surface area contributed by atoms with Crippen LogP contribution in [0.3, 0.4) is 0 Å². The smallest absolute Gasteiger partial charge is 0.407 e. The highest BCUT2D eigenvalue weighted by Crippen LogP contribution is 2.35. The van der Waals surface area contributed by atoms with Crippen molar-refractivity contribution in [3.05, 3.63) is 29.6 Å². The minimum Gasteiger partial charge on any atom is -0.443 e. The number of halogens is 1. The molecule has 10 heteroatoms. The molecule has 0 aromatic heterocycles. The minimum atomic E-state index is -1.37. The molecule has 3 amide bonds. The lowest BCUT2D eigenvalue weighted by Gasteiger charge is -2.31. The largest absolute Gasteiger partial charge is 0.443 e. The van der Waals surface area contributed by atoms with E-state index in [0.717, 1.165) is 0 Å². The topological polar surface area (TPSA) is 123 Å². The Morgan fingerprint density at radius 3 is 2.74 bits per heavy atom. The van der Waals surface area contributed by atoms with Crippen molar-refractivity contribution in [2.75, 3.05) is 44.8 Å². The predicted octanol–water partition coefficient (Wildman–Crippen LogP) is 0.512. The Kier molecular flexibility index (Phi) is 6.68. The van der Waals surface area contributed by atoms with E-state index in [2.05, 4.69) is 17.6 Å². The lowest BCUT2D eigenvalue weighted by Crippen LogP contribution is -2.49. The number of hydrogen-bond acceptors (Lipinski definition) is 6. The predicted molar refractivity (Wildman–Crippen MR) is 111 cm³/mol. The second-order valence-electron chi connectivity index (χ2n) is 8.39. The summed E-state index contributed by atoms with van der Waals surface area (Å²) in [5.41, 5.74) is 5.01. The molecule has 2 saturated heterocycles. The van der Waals surface area contributed by atoms with Gasteiger partial charge in [-0.3, -0.25) is 9.59 Å².